The molecule has 1 saturated carbocycles. The van der Waals surface area contributed by atoms with Crippen LogP contribution in [0.5, 0.6) is 0 Å². The van der Waals surface area contributed by atoms with Crippen molar-refractivity contribution in [1.82, 2.24) is 9.97 Å². The van der Waals surface area contributed by atoms with Crippen molar-refractivity contribution in [2.75, 3.05) is 23.5 Å². The second-order valence-electron chi connectivity index (χ2n) is 7.69. The highest BCUT2D eigenvalue weighted by Crippen LogP contribution is 2.37. The Bertz CT molecular complexity index is 1070. The molecule has 0 atom stereocenters. The van der Waals surface area contributed by atoms with Gasteiger partial charge in [-0.2, -0.15) is 5.26 Å². The zero-order valence-electron chi connectivity index (χ0n) is 16.7. The molecule has 1 amide bonds. The Morgan fingerprint density at radius 3 is 2.70 bits per heavy atom. The molecule has 8 nitrogen and oxygen atoms in total. The number of rotatable bonds is 8. The summed E-state index contributed by atoms with van der Waals surface area (Å²) in [5.74, 6) is -0.819. The van der Waals surface area contributed by atoms with E-state index < -0.39 is 21.6 Å². The minimum atomic E-state index is -2.97. The predicted molar refractivity (Wildman–Crippen MR) is 114 cm³/mol. The van der Waals surface area contributed by atoms with E-state index in [-0.39, 0.29) is 29.4 Å². The van der Waals surface area contributed by atoms with Crippen LogP contribution in [-0.2, 0) is 9.84 Å². The van der Waals surface area contributed by atoms with Crippen molar-refractivity contribution >= 4 is 42.4 Å². The van der Waals surface area contributed by atoms with Crippen molar-refractivity contribution in [3.8, 4) is 6.07 Å². The number of aromatic nitrogens is 2. The number of anilines is 1. The Balaban J connectivity index is 1.82. The second kappa shape index (κ2) is 9.22. The smallest absolute Gasteiger partial charge is 0.268 e. The molecule has 0 spiro atoms. The number of fused-ring (bicyclic) bond motifs is 1. The topological polar surface area (TPSA) is 130 Å². The Morgan fingerprint density at radius 2 is 2.10 bits per heavy atom. The molecule has 2 aromatic heterocycles. The van der Waals surface area contributed by atoms with Crippen LogP contribution < -0.4 is 10.6 Å². The highest BCUT2D eigenvalue weighted by atomic mass is 32.2. The molecule has 0 aromatic carbocycles. The molecular weight excluding hydrogens is 429 g/mol. The van der Waals surface area contributed by atoms with E-state index in [1.165, 1.54) is 6.26 Å². The van der Waals surface area contributed by atoms with Gasteiger partial charge in [0.1, 0.15) is 21.0 Å². The van der Waals surface area contributed by atoms with Crippen molar-refractivity contribution in [3.63, 3.8) is 0 Å². The van der Waals surface area contributed by atoms with Crippen LogP contribution in [0.15, 0.2) is 6.20 Å². The summed E-state index contributed by atoms with van der Waals surface area (Å²) in [6.07, 6.45) is 6.57. The zero-order valence-corrected chi connectivity index (χ0v) is 18.3. The van der Waals surface area contributed by atoms with Crippen molar-refractivity contribution in [3.05, 3.63) is 17.7 Å². The number of carbonyl (C=O) groups excluding carboxylic acids is 1. The molecule has 0 saturated heterocycles. The van der Waals surface area contributed by atoms with E-state index in [1.807, 2.05) is 4.90 Å². The standard InChI is InChI=1S/C19H24FN5O3S2/c1-30(27,28)10-7-12-3-5-13(6-4-12)25(9-2-8-21)19-24-15-14(20)11-23-16(18(22)26)17(15)29-19/h11-13H,2-7,9-10H2,1H3,(H2,22,26). The number of hydrogen-bond donors (Lipinski definition) is 1. The van der Waals surface area contributed by atoms with Gasteiger partial charge in [-0.15, -0.1) is 0 Å². The average molecular weight is 454 g/mol. The minimum Gasteiger partial charge on any atom is -0.364 e. The third kappa shape index (κ3) is 5.23. The monoisotopic (exact) mass is 453 g/mol. The Kier molecular flexibility index (Phi) is 6.88. The van der Waals surface area contributed by atoms with Crippen LogP contribution in [0.3, 0.4) is 0 Å². The predicted octanol–water partition coefficient (Wildman–Crippen LogP) is 2.64. The van der Waals surface area contributed by atoms with Crippen LogP contribution in [0.25, 0.3) is 10.2 Å². The first kappa shape index (κ1) is 22.4. The lowest BCUT2D eigenvalue weighted by molar-refractivity contribution is 0.0997. The van der Waals surface area contributed by atoms with Gasteiger partial charge in [0.25, 0.3) is 5.91 Å². The number of thiazole rings is 1. The maximum atomic E-state index is 14.2. The van der Waals surface area contributed by atoms with Gasteiger partial charge in [0, 0.05) is 18.8 Å². The number of halogens is 1. The molecule has 2 heterocycles. The molecule has 1 aliphatic carbocycles. The van der Waals surface area contributed by atoms with Crippen LogP contribution in [0.1, 0.15) is 49.0 Å². The highest BCUT2D eigenvalue weighted by molar-refractivity contribution is 7.90. The summed E-state index contributed by atoms with van der Waals surface area (Å²) in [5, 5.41) is 9.60. The third-order valence-corrected chi connectivity index (χ3v) is 7.54. The van der Waals surface area contributed by atoms with Crippen LogP contribution in [0.2, 0.25) is 0 Å². The van der Waals surface area contributed by atoms with Crippen LogP contribution in [0, 0.1) is 23.1 Å². The maximum Gasteiger partial charge on any atom is 0.268 e. The fourth-order valence-electron chi connectivity index (χ4n) is 3.90. The SMILES string of the molecule is CS(=O)(=O)CCC1CCC(N(CCC#N)c2nc3c(F)cnc(C(N)=O)c3s2)CC1. The Labute approximate surface area is 178 Å². The lowest BCUT2D eigenvalue weighted by Crippen LogP contribution is -2.39. The first-order valence-corrected chi connectivity index (χ1v) is 12.6. The van der Waals surface area contributed by atoms with E-state index in [0.717, 1.165) is 43.2 Å². The molecule has 0 radical (unpaired) electrons. The first-order chi connectivity index (χ1) is 14.2. The van der Waals surface area contributed by atoms with E-state index in [2.05, 4.69) is 16.0 Å². The van der Waals surface area contributed by atoms with Crippen molar-refractivity contribution < 1.29 is 17.6 Å². The highest BCUT2D eigenvalue weighted by Gasteiger charge is 2.29. The molecule has 1 aliphatic rings. The quantitative estimate of drug-likeness (QED) is 0.650. The fraction of sp³-hybridized carbons (Fsp3) is 0.579. The van der Waals surface area contributed by atoms with E-state index in [9.17, 15) is 17.6 Å². The summed E-state index contributed by atoms with van der Waals surface area (Å²) < 4.78 is 37.4. The van der Waals surface area contributed by atoms with Crippen molar-refractivity contribution in [2.45, 2.75) is 44.6 Å². The summed E-state index contributed by atoms with van der Waals surface area (Å²) in [5.41, 5.74) is 5.41. The Morgan fingerprint density at radius 1 is 1.40 bits per heavy atom. The van der Waals surface area contributed by atoms with Gasteiger partial charge < -0.3 is 10.6 Å². The lowest BCUT2D eigenvalue weighted by Gasteiger charge is -2.36. The number of carbonyl (C=O) groups is 1. The van der Waals surface area contributed by atoms with Crippen molar-refractivity contribution in [2.24, 2.45) is 11.7 Å². The Hall–Kier alpha value is -2.32. The van der Waals surface area contributed by atoms with E-state index in [0.29, 0.717) is 28.7 Å². The van der Waals surface area contributed by atoms with Crippen molar-refractivity contribution in [1.29, 1.82) is 5.26 Å². The normalized spacial score (nSPS) is 19.5. The average Bonchev–Trinajstić information content (AvgIpc) is 3.13. The van der Waals surface area contributed by atoms with Gasteiger partial charge in [-0.3, -0.25) is 4.79 Å². The van der Waals surface area contributed by atoms with Gasteiger partial charge in [0.05, 0.1) is 29.1 Å². The number of primary amides is 1. The van der Waals surface area contributed by atoms with Gasteiger partial charge in [0.15, 0.2) is 10.9 Å². The summed E-state index contributed by atoms with van der Waals surface area (Å²) in [6.45, 7) is 0.440. The van der Waals surface area contributed by atoms with Crippen LogP contribution >= 0.6 is 11.3 Å². The number of hydrogen-bond acceptors (Lipinski definition) is 8. The minimum absolute atomic E-state index is 0.0140. The number of nitrogens with zero attached hydrogens (tertiary/aromatic N) is 4. The van der Waals surface area contributed by atoms with Crippen LogP contribution in [-0.4, -0.2) is 48.9 Å². The van der Waals surface area contributed by atoms with Gasteiger partial charge in [-0.25, -0.2) is 22.8 Å². The number of nitrogens with two attached hydrogens (primary N) is 1. The fourth-order valence-corrected chi connectivity index (χ4v) is 5.83. The molecule has 30 heavy (non-hydrogen) atoms. The van der Waals surface area contributed by atoms with E-state index >= 15 is 0 Å². The van der Waals surface area contributed by atoms with E-state index in [4.69, 9.17) is 11.0 Å². The van der Waals surface area contributed by atoms with Gasteiger partial charge in [-0.1, -0.05) is 11.3 Å². The van der Waals surface area contributed by atoms with Crippen LogP contribution in [0.4, 0.5) is 9.52 Å². The molecule has 2 N–H and O–H groups in total. The number of nitriles is 1. The summed E-state index contributed by atoms with van der Waals surface area (Å²) in [6, 6.07) is 2.25. The lowest BCUT2D eigenvalue weighted by atomic mass is 9.84. The van der Waals surface area contributed by atoms with Gasteiger partial charge in [-0.05, 0) is 38.0 Å². The molecule has 1 fully saturated rings. The summed E-state index contributed by atoms with van der Waals surface area (Å²) in [4.78, 5) is 21.9. The number of pyridine rings is 1. The summed E-state index contributed by atoms with van der Waals surface area (Å²) in [7, 11) is -2.97. The molecule has 3 rings (SSSR count). The maximum absolute atomic E-state index is 14.2. The largest absolute Gasteiger partial charge is 0.364 e. The number of sulfone groups is 1. The third-order valence-electron chi connectivity index (χ3n) is 5.46. The van der Waals surface area contributed by atoms with Gasteiger partial charge in [0.2, 0.25) is 0 Å². The molecule has 11 heteroatoms. The number of amides is 1. The zero-order chi connectivity index (χ0) is 21.9. The molecule has 0 aliphatic heterocycles. The molecular formula is C19H24FN5O3S2. The summed E-state index contributed by atoms with van der Waals surface area (Å²) >= 11 is 1.16. The first-order valence-electron chi connectivity index (χ1n) is 9.75. The van der Waals surface area contributed by atoms with Gasteiger partial charge >= 0.3 is 0 Å². The molecule has 0 bridgehead atoms. The molecule has 162 valence electrons. The molecule has 0 unspecified atom stereocenters. The second-order valence-corrected chi connectivity index (χ2v) is 10.9. The molecule has 2 aromatic rings. The van der Waals surface area contributed by atoms with E-state index in [1.54, 1.807) is 0 Å².